The smallest absolute Gasteiger partial charge is 0.275 e. The van der Waals surface area contributed by atoms with E-state index in [0.717, 1.165) is 0 Å². The molecule has 3 N–H and O–H groups in total. The number of benzene rings is 1. The van der Waals surface area contributed by atoms with Crippen molar-refractivity contribution in [1.82, 2.24) is 34.6 Å². The first-order chi connectivity index (χ1) is 17.7. The van der Waals surface area contributed by atoms with E-state index in [1.54, 1.807) is 52.3 Å². The summed E-state index contributed by atoms with van der Waals surface area (Å²) >= 11 is 0. The number of rotatable bonds is 3. The molecule has 4 heterocycles. The Labute approximate surface area is 213 Å². The number of nitrogens with two attached hydrogens (primary N) is 1. The zero-order chi connectivity index (χ0) is 26.2. The highest BCUT2D eigenvalue weighted by molar-refractivity contribution is 6.05. The molecule has 3 aromatic heterocycles. The summed E-state index contributed by atoms with van der Waals surface area (Å²) in [5.74, 6) is 6.32. The molecule has 4 aromatic rings. The van der Waals surface area contributed by atoms with E-state index in [-0.39, 0.29) is 35.6 Å². The molecule has 1 aliphatic rings. The lowest BCUT2D eigenvalue weighted by Gasteiger charge is -2.34. The monoisotopic (exact) mass is 498 g/mol. The minimum absolute atomic E-state index is 0.0778. The average molecular weight is 499 g/mol. The van der Waals surface area contributed by atoms with Gasteiger partial charge in [-0.25, -0.2) is 19.6 Å². The number of amides is 1. The van der Waals surface area contributed by atoms with E-state index in [1.165, 1.54) is 13.1 Å². The predicted octanol–water partition coefficient (Wildman–Crippen LogP) is 1.70. The second kappa shape index (κ2) is 9.57. The van der Waals surface area contributed by atoms with Crippen LogP contribution in [0.2, 0.25) is 0 Å². The van der Waals surface area contributed by atoms with Crippen molar-refractivity contribution >= 4 is 22.8 Å². The lowest BCUT2D eigenvalue weighted by atomic mass is 10.1. The molecule has 0 radical (unpaired) electrons. The maximum absolute atomic E-state index is 13.6. The Bertz CT molecular complexity index is 1510. The van der Waals surface area contributed by atoms with Crippen LogP contribution in [0.3, 0.4) is 0 Å². The molecule has 3 atom stereocenters. The Balaban J connectivity index is 1.59. The van der Waals surface area contributed by atoms with Crippen molar-refractivity contribution < 1.29 is 14.6 Å². The summed E-state index contributed by atoms with van der Waals surface area (Å²) in [6.45, 7) is 6.35. The summed E-state index contributed by atoms with van der Waals surface area (Å²) in [4.78, 5) is 31.8. The first-order valence-electron chi connectivity index (χ1n) is 11.8. The molecule has 1 amide bonds. The van der Waals surface area contributed by atoms with Crippen molar-refractivity contribution in [3.63, 3.8) is 0 Å². The number of nitrogen functional groups attached to an aromatic ring is 1. The number of hydrogen-bond donors (Lipinski definition) is 2. The van der Waals surface area contributed by atoms with Gasteiger partial charge in [-0.15, -0.1) is 0 Å². The van der Waals surface area contributed by atoms with Gasteiger partial charge in [-0.05, 0) is 45.0 Å². The Morgan fingerprint density at radius 2 is 1.86 bits per heavy atom. The third-order valence-corrected chi connectivity index (χ3v) is 5.92. The van der Waals surface area contributed by atoms with Crippen LogP contribution in [0.15, 0.2) is 48.9 Å². The topological polar surface area (TPSA) is 145 Å². The third kappa shape index (κ3) is 4.97. The normalized spacial score (nSPS) is 19.2. The number of aliphatic hydroxyl groups is 1. The van der Waals surface area contributed by atoms with Crippen molar-refractivity contribution in [3.8, 4) is 17.7 Å². The fourth-order valence-corrected chi connectivity index (χ4v) is 4.30. The molecule has 5 rings (SSSR count). The number of morpholine rings is 1. The van der Waals surface area contributed by atoms with Gasteiger partial charge in [-0.3, -0.25) is 4.79 Å². The van der Waals surface area contributed by atoms with Crippen LogP contribution in [0.25, 0.3) is 16.7 Å². The third-order valence-electron chi connectivity index (χ3n) is 5.92. The number of carbonyl (C=O) groups excluding carboxylic acids is 1. The van der Waals surface area contributed by atoms with Crippen molar-refractivity contribution in [2.75, 3.05) is 18.8 Å². The number of ether oxygens (including phenoxy) is 1. The molecule has 1 unspecified atom stereocenters. The maximum atomic E-state index is 13.6. The highest BCUT2D eigenvalue weighted by Crippen LogP contribution is 2.25. The van der Waals surface area contributed by atoms with Crippen LogP contribution in [0.1, 0.15) is 42.6 Å². The molecule has 188 valence electrons. The summed E-state index contributed by atoms with van der Waals surface area (Å²) in [7, 11) is 0. The number of aromatic nitrogens is 6. The molecule has 11 nitrogen and oxygen atoms in total. The van der Waals surface area contributed by atoms with Crippen LogP contribution in [-0.2, 0) is 10.3 Å². The lowest BCUT2D eigenvalue weighted by molar-refractivity contribution is -0.0587. The van der Waals surface area contributed by atoms with E-state index in [2.05, 4.69) is 36.9 Å². The number of fused-ring (bicyclic) bond motifs is 1. The second-order valence-corrected chi connectivity index (χ2v) is 9.13. The number of carbonyl (C=O) groups is 1. The first kappa shape index (κ1) is 24.3. The molecule has 1 fully saturated rings. The van der Waals surface area contributed by atoms with Crippen LogP contribution >= 0.6 is 0 Å². The molecule has 0 spiro atoms. The van der Waals surface area contributed by atoms with Gasteiger partial charge in [0.25, 0.3) is 5.91 Å². The van der Waals surface area contributed by atoms with Gasteiger partial charge in [0.05, 0.1) is 17.7 Å². The quantitative estimate of drug-likeness (QED) is 0.403. The Morgan fingerprint density at radius 1 is 1.14 bits per heavy atom. The van der Waals surface area contributed by atoms with Crippen LogP contribution < -0.4 is 5.73 Å². The van der Waals surface area contributed by atoms with Crippen molar-refractivity contribution in [2.24, 2.45) is 0 Å². The van der Waals surface area contributed by atoms with Gasteiger partial charge in [-0.1, -0.05) is 11.8 Å². The molecule has 0 saturated carbocycles. The molecule has 0 bridgehead atoms. The van der Waals surface area contributed by atoms with E-state index in [9.17, 15) is 9.90 Å². The highest BCUT2D eigenvalue weighted by atomic mass is 16.5. The van der Waals surface area contributed by atoms with Gasteiger partial charge in [0, 0.05) is 48.7 Å². The van der Waals surface area contributed by atoms with E-state index in [0.29, 0.717) is 35.4 Å². The lowest BCUT2D eigenvalue weighted by Crippen LogP contribution is -2.48. The summed E-state index contributed by atoms with van der Waals surface area (Å²) in [6, 6.07) is 8.68. The van der Waals surface area contributed by atoms with Crippen molar-refractivity contribution in [3.05, 3.63) is 66.0 Å². The summed E-state index contributed by atoms with van der Waals surface area (Å²) in [5.41, 5.74) is 5.76. The van der Waals surface area contributed by atoms with Crippen LogP contribution in [0, 0.1) is 11.8 Å². The molecule has 1 aliphatic heterocycles. The molecule has 1 saturated heterocycles. The molecule has 1 aromatic carbocycles. The van der Waals surface area contributed by atoms with Crippen LogP contribution in [0.4, 0.5) is 5.95 Å². The van der Waals surface area contributed by atoms with E-state index in [1.807, 2.05) is 13.8 Å². The minimum atomic E-state index is -1.55. The van der Waals surface area contributed by atoms with Gasteiger partial charge in [0.15, 0.2) is 22.9 Å². The second-order valence-electron chi connectivity index (χ2n) is 9.13. The molecular weight excluding hydrogens is 472 g/mol. The Morgan fingerprint density at radius 3 is 2.57 bits per heavy atom. The van der Waals surface area contributed by atoms with E-state index in [4.69, 9.17) is 10.5 Å². The number of nitrogens with zero attached hydrogens (tertiary/aromatic N) is 7. The summed E-state index contributed by atoms with van der Waals surface area (Å²) in [6.07, 6.45) is 4.46. The van der Waals surface area contributed by atoms with Crippen molar-refractivity contribution in [2.45, 2.75) is 38.6 Å². The molecule has 11 heteroatoms. The maximum Gasteiger partial charge on any atom is 0.275 e. The predicted molar refractivity (Wildman–Crippen MR) is 135 cm³/mol. The highest BCUT2D eigenvalue weighted by Gasteiger charge is 2.30. The summed E-state index contributed by atoms with van der Waals surface area (Å²) < 4.78 is 7.34. The largest absolute Gasteiger partial charge is 0.372 e. The van der Waals surface area contributed by atoms with Crippen LogP contribution in [-0.4, -0.2) is 70.9 Å². The fraction of sp³-hybridized carbons (Fsp3) is 0.308. The number of anilines is 1. The van der Waals surface area contributed by atoms with E-state index < -0.39 is 5.60 Å². The van der Waals surface area contributed by atoms with Gasteiger partial charge < -0.3 is 20.5 Å². The van der Waals surface area contributed by atoms with E-state index >= 15 is 0 Å². The van der Waals surface area contributed by atoms with Gasteiger partial charge in [0.2, 0.25) is 5.95 Å². The van der Waals surface area contributed by atoms with Crippen LogP contribution in [0.5, 0.6) is 0 Å². The standard InChI is InChI=1S/C26H26N8O3/c1-16-14-33(15-17(2)37-16)23(35)22-19-6-5-18(7-9-26(3,36)24-28-10-4-11-29-24)13-20(19)34(32-22)21-8-12-30-25(27)31-21/h4-6,8,10-13,16-17,36H,14-15H2,1-3H3,(H2,27,30,31)/t16-,17-,26?/m1/s1. The SMILES string of the molecule is C[C@@H]1CN(C(=O)c2nn(-c3ccnc(N)n3)c3cc(C#CC(C)(O)c4ncccn4)ccc23)C[C@@H](C)O1. The zero-order valence-electron chi connectivity index (χ0n) is 20.7. The Hall–Kier alpha value is -4.40. The zero-order valence-corrected chi connectivity index (χ0v) is 20.7. The molecule has 0 aliphatic carbocycles. The number of hydrogen-bond acceptors (Lipinski definition) is 9. The average Bonchev–Trinajstić information content (AvgIpc) is 3.26. The van der Waals surface area contributed by atoms with Gasteiger partial charge in [0.1, 0.15) is 0 Å². The minimum Gasteiger partial charge on any atom is -0.372 e. The van der Waals surface area contributed by atoms with Gasteiger partial charge in [-0.2, -0.15) is 10.1 Å². The van der Waals surface area contributed by atoms with Crippen molar-refractivity contribution in [1.29, 1.82) is 0 Å². The fourth-order valence-electron chi connectivity index (χ4n) is 4.30. The van der Waals surface area contributed by atoms with Gasteiger partial charge >= 0.3 is 0 Å². The molecule has 37 heavy (non-hydrogen) atoms. The summed E-state index contributed by atoms with van der Waals surface area (Å²) in [5, 5.41) is 16.1. The molecular formula is C26H26N8O3. The Kier molecular flexibility index (Phi) is 6.29. The first-order valence-corrected chi connectivity index (χ1v) is 11.8.